The first kappa shape index (κ1) is 14.9. The fourth-order valence-corrected chi connectivity index (χ4v) is 1.22. The van der Waals surface area contributed by atoms with E-state index in [1.54, 1.807) is 13.8 Å². The fourth-order valence-electron chi connectivity index (χ4n) is 1.22. The summed E-state index contributed by atoms with van der Waals surface area (Å²) in [5.74, 6) is -1.33. The molecule has 1 rings (SSSR count). The second-order valence-electron chi connectivity index (χ2n) is 4.06. The topological polar surface area (TPSA) is 63.3 Å². The van der Waals surface area contributed by atoms with Crippen LogP contribution in [0.2, 0.25) is 0 Å². The third kappa shape index (κ3) is 2.93. The van der Waals surface area contributed by atoms with Crippen LogP contribution in [0.5, 0.6) is 0 Å². The first-order chi connectivity index (χ1) is 6.85. The molecule has 0 spiro atoms. The molecule has 0 saturated carbocycles. The van der Waals surface area contributed by atoms with E-state index < -0.39 is 17.4 Å². The van der Waals surface area contributed by atoms with Crippen LogP contribution in [0.4, 0.5) is 4.39 Å². The molecule has 3 N–H and O–H groups in total. The van der Waals surface area contributed by atoms with Crippen LogP contribution in [0.1, 0.15) is 25.5 Å². The van der Waals surface area contributed by atoms with Gasteiger partial charge in [0.15, 0.2) is 0 Å². The van der Waals surface area contributed by atoms with Gasteiger partial charge in [0.1, 0.15) is 5.82 Å². The quantitative estimate of drug-likeness (QED) is 0.862. The number of carbonyl (C=O) groups is 1. The molecule has 0 aliphatic rings. The molecule has 0 amide bonds. The van der Waals surface area contributed by atoms with E-state index in [4.69, 9.17) is 10.8 Å². The second kappa shape index (κ2) is 5.27. The Morgan fingerprint density at radius 1 is 1.38 bits per heavy atom. The normalized spacial score (nSPS) is 12.8. The van der Waals surface area contributed by atoms with Crippen molar-refractivity contribution in [1.82, 2.24) is 0 Å². The van der Waals surface area contributed by atoms with Crippen molar-refractivity contribution in [3.8, 4) is 0 Å². The van der Waals surface area contributed by atoms with Gasteiger partial charge in [0.2, 0.25) is 0 Å². The maximum Gasteiger partial charge on any atom is 0.311 e. The zero-order valence-electron chi connectivity index (χ0n) is 9.11. The Morgan fingerprint density at radius 3 is 2.19 bits per heavy atom. The number of benzene rings is 1. The van der Waals surface area contributed by atoms with Gasteiger partial charge in [0, 0.05) is 6.04 Å². The smallest absolute Gasteiger partial charge is 0.311 e. The van der Waals surface area contributed by atoms with Crippen LogP contribution in [-0.4, -0.2) is 11.1 Å². The molecule has 0 aromatic heterocycles. The average molecular weight is 248 g/mol. The molecule has 0 aliphatic heterocycles. The van der Waals surface area contributed by atoms with Crippen molar-refractivity contribution in [3.63, 3.8) is 0 Å². The molecule has 0 radical (unpaired) electrons. The molecular formula is C11H15ClFNO2. The van der Waals surface area contributed by atoms with Gasteiger partial charge in [-0.2, -0.15) is 0 Å². The molecule has 0 fully saturated rings. The lowest BCUT2D eigenvalue weighted by Crippen LogP contribution is -2.36. The van der Waals surface area contributed by atoms with Crippen LogP contribution in [0, 0.1) is 11.2 Å². The lowest BCUT2D eigenvalue weighted by atomic mass is 9.81. The minimum Gasteiger partial charge on any atom is -0.481 e. The number of hydrogen-bond acceptors (Lipinski definition) is 2. The molecule has 1 unspecified atom stereocenters. The number of aliphatic carboxylic acids is 1. The minimum absolute atomic E-state index is 0. The van der Waals surface area contributed by atoms with Gasteiger partial charge in [-0.1, -0.05) is 12.1 Å². The monoisotopic (exact) mass is 247 g/mol. The Bertz CT molecular complexity index is 365. The number of carboxylic acids is 1. The third-order valence-corrected chi connectivity index (χ3v) is 2.56. The van der Waals surface area contributed by atoms with Crippen LogP contribution in [0.25, 0.3) is 0 Å². The Hall–Kier alpha value is -1.13. The molecule has 0 heterocycles. The molecule has 3 nitrogen and oxygen atoms in total. The van der Waals surface area contributed by atoms with E-state index in [0.29, 0.717) is 5.56 Å². The van der Waals surface area contributed by atoms with Crippen molar-refractivity contribution in [2.45, 2.75) is 19.9 Å². The summed E-state index contributed by atoms with van der Waals surface area (Å²) in [6.07, 6.45) is 0. The Morgan fingerprint density at radius 2 is 1.81 bits per heavy atom. The molecular weight excluding hydrogens is 233 g/mol. The van der Waals surface area contributed by atoms with Gasteiger partial charge in [0.25, 0.3) is 0 Å². The predicted molar refractivity (Wildman–Crippen MR) is 62.0 cm³/mol. The average Bonchev–Trinajstić information content (AvgIpc) is 2.17. The van der Waals surface area contributed by atoms with E-state index in [-0.39, 0.29) is 18.2 Å². The van der Waals surface area contributed by atoms with Gasteiger partial charge in [-0.3, -0.25) is 4.79 Å². The van der Waals surface area contributed by atoms with E-state index >= 15 is 0 Å². The van der Waals surface area contributed by atoms with Gasteiger partial charge >= 0.3 is 5.97 Å². The highest BCUT2D eigenvalue weighted by Crippen LogP contribution is 2.31. The van der Waals surface area contributed by atoms with E-state index in [9.17, 15) is 9.18 Å². The van der Waals surface area contributed by atoms with E-state index in [1.807, 2.05) is 0 Å². The number of hydrogen-bond donors (Lipinski definition) is 2. The number of carboxylic acid groups (broad SMARTS) is 1. The summed E-state index contributed by atoms with van der Waals surface area (Å²) in [6.45, 7) is 3.09. The highest BCUT2D eigenvalue weighted by atomic mass is 35.5. The number of nitrogens with two attached hydrogens (primary N) is 1. The molecule has 16 heavy (non-hydrogen) atoms. The van der Waals surface area contributed by atoms with E-state index in [1.165, 1.54) is 24.3 Å². The number of halogens is 2. The van der Waals surface area contributed by atoms with Gasteiger partial charge in [-0.05, 0) is 31.5 Å². The SMILES string of the molecule is CC(C)(C(=O)O)C(N)c1ccc(F)cc1.Cl. The van der Waals surface area contributed by atoms with Gasteiger partial charge in [-0.25, -0.2) is 4.39 Å². The standard InChI is InChI=1S/C11H14FNO2.ClH/c1-11(2,10(14)15)9(13)7-3-5-8(12)6-4-7;/h3-6,9H,13H2,1-2H3,(H,14,15);1H. The Labute approximate surface area is 99.9 Å². The van der Waals surface area contributed by atoms with Crippen LogP contribution in [0.3, 0.4) is 0 Å². The van der Waals surface area contributed by atoms with Crippen molar-refractivity contribution < 1.29 is 14.3 Å². The Kier molecular flexibility index (Phi) is 4.90. The largest absolute Gasteiger partial charge is 0.481 e. The van der Waals surface area contributed by atoms with E-state index in [2.05, 4.69) is 0 Å². The molecule has 0 bridgehead atoms. The third-order valence-electron chi connectivity index (χ3n) is 2.56. The zero-order valence-corrected chi connectivity index (χ0v) is 9.92. The summed E-state index contributed by atoms with van der Waals surface area (Å²) in [4.78, 5) is 10.9. The van der Waals surface area contributed by atoms with Crippen LogP contribution >= 0.6 is 12.4 Å². The van der Waals surface area contributed by atoms with Crippen molar-refractivity contribution >= 4 is 18.4 Å². The first-order valence-electron chi connectivity index (χ1n) is 4.60. The van der Waals surface area contributed by atoms with Crippen LogP contribution in [0.15, 0.2) is 24.3 Å². The van der Waals surface area contributed by atoms with Crippen molar-refractivity contribution in [2.24, 2.45) is 11.1 Å². The second-order valence-corrected chi connectivity index (χ2v) is 4.06. The maximum atomic E-state index is 12.6. The van der Waals surface area contributed by atoms with E-state index in [0.717, 1.165) is 0 Å². The minimum atomic E-state index is -1.07. The van der Waals surface area contributed by atoms with Crippen molar-refractivity contribution in [2.75, 3.05) is 0 Å². The van der Waals surface area contributed by atoms with Gasteiger partial charge < -0.3 is 10.8 Å². The highest BCUT2D eigenvalue weighted by Gasteiger charge is 2.35. The van der Waals surface area contributed by atoms with Gasteiger partial charge in [-0.15, -0.1) is 12.4 Å². The molecule has 1 atom stereocenters. The van der Waals surface area contributed by atoms with Crippen molar-refractivity contribution in [3.05, 3.63) is 35.6 Å². The zero-order chi connectivity index (χ0) is 11.6. The fraction of sp³-hybridized carbons (Fsp3) is 0.364. The molecule has 1 aromatic carbocycles. The molecule has 5 heteroatoms. The molecule has 90 valence electrons. The van der Waals surface area contributed by atoms with Gasteiger partial charge in [0.05, 0.1) is 5.41 Å². The summed E-state index contributed by atoms with van der Waals surface area (Å²) in [7, 11) is 0. The highest BCUT2D eigenvalue weighted by molar-refractivity contribution is 5.85. The summed E-state index contributed by atoms with van der Waals surface area (Å²) < 4.78 is 12.6. The predicted octanol–water partition coefficient (Wildman–Crippen LogP) is 2.36. The maximum absolute atomic E-state index is 12.6. The van der Waals surface area contributed by atoms with Crippen molar-refractivity contribution in [1.29, 1.82) is 0 Å². The Balaban J connectivity index is 0.00000225. The van der Waals surface area contributed by atoms with Crippen LogP contribution in [-0.2, 0) is 4.79 Å². The first-order valence-corrected chi connectivity index (χ1v) is 4.60. The lowest BCUT2D eigenvalue weighted by Gasteiger charge is -2.27. The summed E-state index contributed by atoms with van der Waals surface area (Å²) in [5.41, 5.74) is 5.36. The molecule has 1 aromatic rings. The molecule has 0 aliphatic carbocycles. The summed E-state index contributed by atoms with van der Waals surface area (Å²) >= 11 is 0. The molecule has 0 saturated heterocycles. The lowest BCUT2D eigenvalue weighted by molar-refractivity contribution is -0.148. The number of rotatable bonds is 3. The van der Waals surface area contributed by atoms with Crippen LogP contribution < -0.4 is 5.73 Å². The summed E-state index contributed by atoms with van der Waals surface area (Å²) in [6, 6.07) is 4.89. The summed E-state index contributed by atoms with van der Waals surface area (Å²) in [5, 5.41) is 8.97.